The minimum atomic E-state index is -1.16. The Morgan fingerprint density at radius 2 is 2.13 bits per heavy atom. The zero-order chi connectivity index (χ0) is 21.9. The van der Waals surface area contributed by atoms with Crippen molar-refractivity contribution in [2.45, 2.75) is 95.5 Å². The lowest BCUT2D eigenvalue weighted by atomic mass is 9.86. The first-order valence-corrected chi connectivity index (χ1v) is 11.4. The molecule has 2 saturated heterocycles. The van der Waals surface area contributed by atoms with Crippen LogP contribution in [0.3, 0.4) is 0 Å². The van der Waals surface area contributed by atoms with E-state index in [0.717, 1.165) is 12.0 Å². The summed E-state index contributed by atoms with van der Waals surface area (Å²) in [4.78, 5) is 12.4. The molecule has 0 bridgehead atoms. The third-order valence-corrected chi connectivity index (χ3v) is 6.42. The van der Waals surface area contributed by atoms with Crippen molar-refractivity contribution >= 4 is 17.5 Å². The van der Waals surface area contributed by atoms with Gasteiger partial charge in [-0.3, -0.25) is 4.79 Å². The maximum absolute atomic E-state index is 12.4. The van der Waals surface area contributed by atoms with E-state index in [9.17, 15) is 15.0 Å². The van der Waals surface area contributed by atoms with Crippen LogP contribution < -0.4 is 5.32 Å². The van der Waals surface area contributed by atoms with Gasteiger partial charge in [0.15, 0.2) is 6.29 Å². The Hall–Kier alpha value is -1.18. The number of hydrogen-bond acceptors (Lipinski definition) is 5. The van der Waals surface area contributed by atoms with E-state index >= 15 is 0 Å². The van der Waals surface area contributed by atoms with Crippen molar-refractivity contribution in [2.75, 3.05) is 0 Å². The van der Waals surface area contributed by atoms with Crippen molar-refractivity contribution < 1.29 is 24.5 Å². The topological polar surface area (TPSA) is 91.3 Å². The van der Waals surface area contributed by atoms with Gasteiger partial charge in [0.1, 0.15) is 23.9 Å². The average Bonchev–Trinajstić information content (AvgIpc) is 3.44. The van der Waals surface area contributed by atoms with Crippen molar-refractivity contribution in [1.82, 2.24) is 5.32 Å². The standard InChI is InChI=1S/C23H34ClNO5/c1-4-5-6-7-8-14(2)11-15(3)9-10-18(26)25-17-13-23(30-22(17)28)12-16(24)19(27)20-21(23)29-20/h9-12,14,17,19-22,27-28H,4-8,13H2,1-3H3,(H,25,26)/b10-9+,15-11+/t14-,17+,19+,20+,21+,22+,23+/m1/s1. The largest absolute Gasteiger partial charge is 0.385 e. The fourth-order valence-electron chi connectivity index (χ4n) is 4.43. The number of aliphatic hydroxyl groups is 2. The van der Waals surface area contributed by atoms with Gasteiger partial charge in [-0.05, 0) is 25.3 Å². The second-order valence-electron chi connectivity index (χ2n) is 8.85. The van der Waals surface area contributed by atoms with E-state index in [1.807, 2.05) is 6.92 Å². The van der Waals surface area contributed by atoms with Crippen LogP contribution >= 0.6 is 11.6 Å². The van der Waals surface area contributed by atoms with E-state index in [1.54, 1.807) is 12.2 Å². The van der Waals surface area contributed by atoms with Crippen LogP contribution in [-0.4, -0.2) is 52.4 Å². The summed E-state index contributed by atoms with van der Waals surface area (Å²) in [7, 11) is 0. The first kappa shape index (κ1) is 23.5. The van der Waals surface area contributed by atoms with Crippen molar-refractivity contribution in [3.8, 4) is 0 Å². The van der Waals surface area contributed by atoms with Crippen LogP contribution in [0, 0.1) is 5.92 Å². The first-order chi connectivity index (χ1) is 14.3. The molecule has 0 aromatic rings. The van der Waals surface area contributed by atoms with Crippen LogP contribution in [0.2, 0.25) is 0 Å². The number of fused-ring (bicyclic) bond motifs is 2. The molecule has 0 unspecified atom stereocenters. The quantitative estimate of drug-likeness (QED) is 0.222. The molecule has 3 rings (SSSR count). The van der Waals surface area contributed by atoms with E-state index in [1.165, 1.54) is 31.8 Å². The van der Waals surface area contributed by atoms with Gasteiger partial charge in [0.05, 0.1) is 6.04 Å². The number of allylic oxidation sites excluding steroid dienone is 3. The molecular weight excluding hydrogens is 406 g/mol. The number of epoxide rings is 1. The van der Waals surface area contributed by atoms with Gasteiger partial charge in [-0.15, -0.1) is 0 Å². The Bertz CT molecular complexity index is 720. The highest BCUT2D eigenvalue weighted by molar-refractivity contribution is 6.30. The predicted molar refractivity (Wildman–Crippen MR) is 116 cm³/mol. The normalized spacial score (nSPS) is 36.7. The molecule has 7 heteroatoms. The Balaban J connectivity index is 1.50. The number of carbonyl (C=O) groups is 1. The summed E-state index contributed by atoms with van der Waals surface area (Å²) in [5.41, 5.74) is 0.128. The van der Waals surface area contributed by atoms with Crippen LogP contribution in [0.15, 0.2) is 34.9 Å². The Morgan fingerprint density at radius 1 is 1.37 bits per heavy atom. The molecule has 1 aliphatic carbocycles. The van der Waals surface area contributed by atoms with Gasteiger partial charge in [-0.1, -0.05) is 68.9 Å². The molecule has 168 valence electrons. The number of rotatable bonds is 9. The molecule has 0 saturated carbocycles. The van der Waals surface area contributed by atoms with Crippen LogP contribution in [0.25, 0.3) is 0 Å². The van der Waals surface area contributed by atoms with Gasteiger partial charge in [0.2, 0.25) is 5.91 Å². The van der Waals surface area contributed by atoms with E-state index in [2.05, 4.69) is 25.2 Å². The average molecular weight is 440 g/mol. The Morgan fingerprint density at radius 3 is 2.87 bits per heavy atom. The molecule has 6 nitrogen and oxygen atoms in total. The van der Waals surface area contributed by atoms with Gasteiger partial charge in [-0.25, -0.2) is 0 Å². The lowest BCUT2D eigenvalue weighted by Crippen LogP contribution is -2.42. The maximum Gasteiger partial charge on any atom is 0.244 e. The third kappa shape index (κ3) is 5.54. The first-order valence-electron chi connectivity index (χ1n) is 11.0. The van der Waals surface area contributed by atoms with Crippen molar-refractivity contribution in [3.05, 3.63) is 34.9 Å². The fraction of sp³-hybridized carbons (Fsp3) is 0.696. The van der Waals surface area contributed by atoms with Crippen LogP contribution in [0.1, 0.15) is 59.3 Å². The molecule has 30 heavy (non-hydrogen) atoms. The molecule has 1 amide bonds. The molecule has 2 heterocycles. The highest BCUT2D eigenvalue weighted by Crippen LogP contribution is 2.50. The lowest BCUT2D eigenvalue weighted by Gasteiger charge is -2.27. The summed E-state index contributed by atoms with van der Waals surface area (Å²) in [6, 6.07) is -0.579. The molecule has 2 fully saturated rings. The second kappa shape index (κ2) is 9.96. The summed E-state index contributed by atoms with van der Waals surface area (Å²) in [6.07, 6.45) is 10.8. The van der Waals surface area contributed by atoms with Gasteiger partial charge in [0, 0.05) is 17.5 Å². The molecule has 7 atom stereocenters. The second-order valence-corrected chi connectivity index (χ2v) is 9.29. The number of ether oxygens (including phenoxy) is 2. The summed E-state index contributed by atoms with van der Waals surface area (Å²) < 4.78 is 11.2. The summed E-state index contributed by atoms with van der Waals surface area (Å²) in [5, 5.41) is 23.3. The smallest absolute Gasteiger partial charge is 0.244 e. The van der Waals surface area contributed by atoms with Gasteiger partial charge in [0.25, 0.3) is 0 Å². The Labute approximate surface area is 184 Å². The SMILES string of the molecule is CCCCCC[C@@H](C)/C=C(C)/C=C/C(=O)N[C@H]1C[C@]2(C=C(Cl)[C@H](O)[C@@H]3O[C@@H]32)O[C@@H]1O. The number of unbranched alkanes of at least 4 members (excludes halogenated alkanes) is 3. The van der Waals surface area contributed by atoms with E-state index in [0.29, 0.717) is 12.3 Å². The summed E-state index contributed by atoms with van der Waals surface area (Å²) in [6.45, 7) is 6.39. The van der Waals surface area contributed by atoms with E-state index in [-0.39, 0.29) is 17.0 Å². The number of amides is 1. The number of halogens is 1. The van der Waals surface area contributed by atoms with Crippen LogP contribution in [0.5, 0.6) is 0 Å². The predicted octanol–water partition coefficient (Wildman–Crippen LogP) is 3.32. The van der Waals surface area contributed by atoms with Crippen molar-refractivity contribution in [1.29, 1.82) is 0 Å². The minimum Gasteiger partial charge on any atom is -0.385 e. The molecular formula is C23H34ClNO5. The molecule has 0 aromatic carbocycles. The van der Waals surface area contributed by atoms with Crippen LogP contribution in [0.4, 0.5) is 0 Å². The monoisotopic (exact) mass is 439 g/mol. The molecule has 3 aliphatic rings. The zero-order valence-corrected chi connectivity index (χ0v) is 18.8. The highest BCUT2D eigenvalue weighted by atomic mass is 35.5. The molecule has 0 aromatic heterocycles. The van der Waals surface area contributed by atoms with Crippen LogP contribution in [-0.2, 0) is 14.3 Å². The summed E-state index contributed by atoms with van der Waals surface area (Å²) >= 11 is 6.10. The lowest BCUT2D eigenvalue weighted by molar-refractivity contribution is -0.137. The number of aliphatic hydroxyl groups excluding tert-OH is 2. The number of hydrogen-bond donors (Lipinski definition) is 3. The molecule has 0 radical (unpaired) electrons. The fourth-order valence-corrected chi connectivity index (χ4v) is 4.74. The molecule has 2 aliphatic heterocycles. The zero-order valence-electron chi connectivity index (χ0n) is 18.0. The van der Waals surface area contributed by atoms with E-state index in [4.69, 9.17) is 21.1 Å². The summed E-state index contributed by atoms with van der Waals surface area (Å²) in [5.74, 6) is 0.186. The maximum atomic E-state index is 12.4. The van der Waals surface area contributed by atoms with Gasteiger partial charge in [-0.2, -0.15) is 0 Å². The number of nitrogens with one attached hydrogen (secondary N) is 1. The van der Waals surface area contributed by atoms with Crippen molar-refractivity contribution in [2.24, 2.45) is 5.92 Å². The molecule has 3 N–H and O–H groups in total. The minimum absolute atomic E-state index is 0.248. The van der Waals surface area contributed by atoms with Gasteiger partial charge < -0.3 is 25.0 Å². The highest BCUT2D eigenvalue weighted by Gasteiger charge is 2.65. The van der Waals surface area contributed by atoms with Gasteiger partial charge >= 0.3 is 0 Å². The van der Waals surface area contributed by atoms with E-state index < -0.39 is 30.1 Å². The van der Waals surface area contributed by atoms with Crippen molar-refractivity contribution in [3.63, 3.8) is 0 Å². The number of carbonyl (C=O) groups excluding carboxylic acids is 1. The Kier molecular flexibility index (Phi) is 7.80. The molecule has 1 spiro atoms. The third-order valence-electron chi connectivity index (χ3n) is 6.09.